The fraction of sp³-hybridized carbons (Fsp3) is 0.333. The number of amides is 1. The second-order valence-electron chi connectivity index (χ2n) is 5.00. The number of benzene rings is 1. The Bertz CT molecular complexity index is 626. The van der Waals surface area contributed by atoms with Crippen LogP contribution >= 0.6 is 0 Å². The van der Waals surface area contributed by atoms with E-state index in [-0.39, 0.29) is 11.8 Å². The summed E-state index contributed by atoms with van der Waals surface area (Å²) in [5.74, 6) is -0.0403. The molecule has 0 saturated carbocycles. The summed E-state index contributed by atoms with van der Waals surface area (Å²) in [4.78, 5) is 18.0. The summed E-state index contributed by atoms with van der Waals surface area (Å²) in [7, 11) is 3.63. The molecule has 0 spiro atoms. The third kappa shape index (κ3) is 2.82. The van der Waals surface area contributed by atoms with E-state index in [1.165, 1.54) is 0 Å². The molecule has 1 atom stereocenters. The predicted octanol–water partition coefficient (Wildman–Crippen LogP) is 1.64. The largest absolute Gasteiger partial charge is 0.399 e. The molecule has 2 aromatic rings. The molecule has 0 bridgehead atoms. The van der Waals surface area contributed by atoms with E-state index in [0.29, 0.717) is 12.2 Å². The van der Waals surface area contributed by atoms with E-state index in [1.807, 2.05) is 38.2 Å². The van der Waals surface area contributed by atoms with Crippen molar-refractivity contribution in [1.82, 2.24) is 10.3 Å². The van der Waals surface area contributed by atoms with Crippen LogP contribution in [0, 0.1) is 5.92 Å². The summed E-state index contributed by atoms with van der Waals surface area (Å²) >= 11 is 0. The molecule has 0 saturated heterocycles. The highest BCUT2D eigenvalue weighted by Gasteiger charge is 2.15. The first-order valence-electron chi connectivity index (χ1n) is 6.60. The third-order valence-corrected chi connectivity index (χ3v) is 3.40. The van der Waals surface area contributed by atoms with E-state index < -0.39 is 0 Å². The van der Waals surface area contributed by atoms with E-state index in [9.17, 15) is 4.79 Å². The van der Waals surface area contributed by atoms with Gasteiger partial charge in [0.15, 0.2) is 0 Å². The number of carbonyl (C=O) groups excluding carboxylic acids is 1. The van der Waals surface area contributed by atoms with Crippen molar-refractivity contribution >= 4 is 28.2 Å². The molecule has 0 fully saturated rings. The fourth-order valence-corrected chi connectivity index (χ4v) is 2.32. The molecule has 5 nitrogen and oxygen atoms in total. The van der Waals surface area contributed by atoms with Gasteiger partial charge in [-0.05, 0) is 24.3 Å². The summed E-state index contributed by atoms with van der Waals surface area (Å²) in [6.45, 7) is 2.56. The Hall–Kier alpha value is -2.30. The molecule has 0 aliphatic rings. The van der Waals surface area contributed by atoms with Crippen LogP contribution in [-0.4, -0.2) is 31.5 Å². The van der Waals surface area contributed by atoms with E-state index in [4.69, 9.17) is 5.73 Å². The zero-order valence-electron chi connectivity index (χ0n) is 12.1. The number of aromatic nitrogens is 1. The van der Waals surface area contributed by atoms with Crippen molar-refractivity contribution in [2.75, 3.05) is 31.3 Å². The van der Waals surface area contributed by atoms with Gasteiger partial charge in [-0.25, -0.2) is 0 Å². The molecular weight excluding hydrogens is 252 g/mol. The number of nitrogens with zero attached hydrogens (tertiary/aromatic N) is 2. The first kappa shape index (κ1) is 14.1. The minimum atomic E-state index is -0.0815. The Morgan fingerprint density at radius 2 is 2.20 bits per heavy atom. The number of nitrogens with one attached hydrogen (secondary N) is 1. The Morgan fingerprint density at radius 3 is 2.90 bits per heavy atom. The van der Waals surface area contributed by atoms with Crippen LogP contribution in [0.4, 0.5) is 11.4 Å². The monoisotopic (exact) mass is 272 g/mol. The lowest BCUT2D eigenvalue weighted by Crippen LogP contribution is -2.34. The molecule has 1 heterocycles. The van der Waals surface area contributed by atoms with Gasteiger partial charge in [-0.2, -0.15) is 0 Å². The van der Waals surface area contributed by atoms with E-state index in [2.05, 4.69) is 15.2 Å². The predicted molar refractivity (Wildman–Crippen MR) is 82.7 cm³/mol. The number of carbonyl (C=O) groups is 1. The first-order valence-corrected chi connectivity index (χ1v) is 6.60. The van der Waals surface area contributed by atoms with Gasteiger partial charge >= 0.3 is 0 Å². The lowest BCUT2D eigenvalue weighted by molar-refractivity contribution is -0.123. The zero-order chi connectivity index (χ0) is 14.7. The SMILES string of the molecule is CNC(=O)C(C)CN(C)c1ccnc2cc(N)ccc12. The van der Waals surface area contributed by atoms with Gasteiger partial charge < -0.3 is 16.0 Å². The van der Waals surface area contributed by atoms with Crippen LogP contribution in [0.5, 0.6) is 0 Å². The molecule has 106 valence electrons. The van der Waals surface area contributed by atoms with Gasteiger partial charge in [0.2, 0.25) is 5.91 Å². The Labute approximate surface area is 118 Å². The zero-order valence-corrected chi connectivity index (χ0v) is 12.1. The smallest absolute Gasteiger partial charge is 0.224 e. The lowest BCUT2D eigenvalue weighted by Gasteiger charge is -2.24. The van der Waals surface area contributed by atoms with Crippen LogP contribution in [-0.2, 0) is 4.79 Å². The van der Waals surface area contributed by atoms with Crippen molar-refractivity contribution in [3.05, 3.63) is 30.5 Å². The van der Waals surface area contributed by atoms with Crippen molar-refractivity contribution in [2.45, 2.75) is 6.92 Å². The Morgan fingerprint density at radius 1 is 1.45 bits per heavy atom. The molecule has 20 heavy (non-hydrogen) atoms. The Balaban J connectivity index is 2.30. The van der Waals surface area contributed by atoms with Gasteiger partial charge in [-0.3, -0.25) is 9.78 Å². The highest BCUT2D eigenvalue weighted by atomic mass is 16.1. The number of pyridine rings is 1. The van der Waals surface area contributed by atoms with E-state index in [1.54, 1.807) is 13.2 Å². The van der Waals surface area contributed by atoms with Crippen LogP contribution < -0.4 is 16.0 Å². The topological polar surface area (TPSA) is 71.2 Å². The number of anilines is 2. The molecule has 0 aliphatic heterocycles. The summed E-state index contributed by atoms with van der Waals surface area (Å²) in [6, 6.07) is 7.64. The van der Waals surface area contributed by atoms with Crippen LogP contribution in [0.1, 0.15) is 6.92 Å². The summed E-state index contributed by atoms with van der Waals surface area (Å²) in [6.07, 6.45) is 1.76. The molecule has 1 aromatic heterocycles. The summed E-state index contributed by atoms with van der Waals surface area (Å²) in [5.41, 5.74) is 8.39. The summed E-state index contributed by atoms with van der Waals surface area (Å²) in [5, 5.41) is 3.71. The molecule has 0 aliphatic carbocycles. The maximum atomic E-state index is 11.6. The third-order valence-electron chi connectivity index (χ3n) is 3.40. The highest BCUT2D eigenvalue weighted by molar-refractivity contribution is 5.93. The van der Waals surface area contributed by atoms with Crippen molar-refractivity contribution in [3.8, 4) is 0 Å². The molecule has 5 heteroatoms. The quantitative estimate of drug-likeness (QED) is 0.830. The number of nitrogen functional groups attached to an aromatic ring is 1. The molecular formula is C15H20N4O. The molecule has 1 unspecified atom stereocenters. The van der Waals surface area contributed by atoms with Crippen LogP contribution in [0.2, 0.25) is 0 Å². The minimum absolute atomic E-state index is 0.0412. The molecule has 2 rings (SSSR count). The Kier molecular flexibility index (Phi) is 4.08. The number of hydrogen-bond acceptors (Lipinski definition) is 4. The van der Waals surface area contributed by atoms with Crippen LogP contribution in [0.25, 0.3) is 10.9 Å². The number of fused-ring (bicyclic) bond motifs is 1. The second-order valence-corrected chi connectivity index (χ2v) is 5.00. The van der Waals surface area contributed by atoms with E-state index >= 15 is 0 Å². The lowest BCUT2D eigenvalue weighted by atomic mass is 10.1. The van der Waals surface area contributed by atoms with Crippen molar-refractivity contribution in [1.29, 1.82) is 0 Å². The average Bonchev–Trinajstić information content (AvgIpc) is 2.45. The second kappa shape index (κ2) is 5.77. The standard InChI is InChI=1S/C15H20N4O/c1-10(15(20)17-2)9-19(3)14-6-7-18-13-8-11(16)4-5-12(13)14/h4-8,10H,9,16H2,1-3H3,(H,17,20). The maximum Gasteiger partial charge on any atom is 0.224 e. The van der Waals surface area contributed by atoms with Crippen molar-refractivity contribution in [2.24, 2.45) is 5.92 Å². The molecule has 1 amide bonds. The van der Waals surface area contributed by atoms with Gasteiger partial charge in [0.25, 0.3) is 0 Å². The average molecular weight is 272 g/mol. The molecule has 1 aromatic carbocycles. The number of nitrogens with two attached hydrogens (primary N) is 1. The maximum absolute atomic E-state index is 11.6. The van der Waals surface area contributed by atoms with Gasteiger partial charge in [0, 0.05) is 43.6 Å². The first-order chi connectivity index (χ1) is 9.52. The van der Waals surface area contributed by atoms with Crippen molar-refractivity contribution < 1.29 is 4.79 Å². The molecule has 0 radical (unpaired) electrons. The van der Waals surface area contributed by atoms with E-state index in [0.717, 1.165) is 16.6 Å². The van der Waals surface area contributed by atoms with Gasteiger partial charge in [-0.1, -0.05) is 6.92 Å². The molecule has 3 N–H and O–H groups in total. The summed E-state index contributed by atoms with van der Waals surface area (Å²) < 4.78 is 0. The van der Waals surface area contributed by atoms with Crippen LogP contribution in [0.3, 0.4) is 0 Å². The number of rotatable bonds is 4. The van der Waals surface area contributed by atoms with Gasteiger partial charge in [0.1, 0.15) is 0 Å². The van der Waals surface area contributed by atoms with Crippen molar-refractivity contribution in [3.63, 3.8) is 0 Å². The minimum Gasteiger partial charge on any atom is -0.399 e. The van der Waals surface area contributed by atoms with Gasteiger partial charge in [-0.15, -0.1) is 0 Å². The number of hydrogen-bond donors (Lipinski definition) is 2. The van der Waals surface area contributed by atoms with Crippen LogP contribution in [0.15, 0.2) is 30.5 Å². The normalized spacial score (nSPS) is 12.2. The highest BCUT2D eigenvalue weighted by Crippen LogP contribution is 2.26. The fourth-order valence-electron chi connectivity index (χ4n) is 2.32. The van der Waals surface area contributed by atoms with Gasteiger partial charge in [0.05, 0.1) is 11.4 Å².